The summed E-state index contributed by atoms with van der Waals surface area (Å²) in [6.07, 6.45) is 1.24. The van der Waals surface area contributed by atoms with Gasteiger partial charge in [0, 0.05) is 17.6 Å². The molecule has 0 spiro atoms. The molecule has 2 aromatic rings. The standard InChI is InChI=1S/C13H12FN4O2S/c1-3-18(13-16-9-15-12(14)17-13)10-5-7-11(8-6-10)21(19,20)4-2/h4-8H,2-3H2,1H3. The van der Waals surface area contributed by atoms with Crippen LogP contribution in [0.15, 0.2) is 41.1 Å². The van der Waals surface area contributed by atoms with Gasteiger partial charge in [0.1, 0.15) is 0 Å². The Labute approximate surface area is 121 Å². The minimum atomic E-state index is -3.48. The van der Waals surface area contributed by atoms with E-state index < -0.39 is 15.9 Å². The molecule has 0 fully saturated rings. The van der Waals surface area contributed by atoms with Gasteiger partial charge in [-0.05, 0) is 31.2 Å². The van der Waals surface area contributed by atoms with Crippen molar-refractivity contribution in [2.24, 2.45) is 0 Å². The maximum atomic E-state index is 13.0. The summed E-state index contributed by atoms with van der Waals surface area (Å²) in [5.41, 5.74) is 0.625. The highest BCUT2D eigenvalue weighted by Crippen LogP contribution is 2.23. The first-order valence-electron chi connectivity index (χ1n) is 6.00. The first kappa shape index (κ1) is 15.0. The Morgan fingerprint density at radius 2 is 2.00 bits per heavy atom. The van der Waals surface area contributed by atoms with Crippen molar-refractivity contribution in [3.05, 3.63) is 48.7 Å². The first-order chi connectivity index (χ1) is 9.97. The van der Waals surface area contributed by atoms with Crippen LogP contribution in [0.4, 0.5) is 16.0 Å². The van der Waals surface area contributed by atoms with Gasteiger partial charge in [-0.15, -0.1) is 0 Å². The van der Waals surface area contributed by atoms with Crippen LogP contribution in [0, 0.1) is 12.4 Å². The molecule has 0 aliphatic rings. The molecule has 0 saturated heterocycles. The van der Waals surface area contributed by atoms with E-state index in [1.807, 2.05) is 6.92 Å². The molecule has 0 saturated carbocycles. The second-order valence-electron chi connectivity index (χ2n) is 3.95. The van der Waals surface area contributed by atoms with Crippen molar-refractivity contribution in [3.8, 4) is 0 Å². The van der Waals surface area contributed by atoms with Gasteiger partial charge >= 0.3 is 6.08 Å². The number of aromatic nitrogens is 3. The van der Waals surface area contributed by atoms with E-state index in [1.165, 1.54) is 12.1 Å². The number of nitrogens with zero attached hydrogens (tertiary/aromatic N) is 4. The Kier molecular flexibility index (Phi) is 4.27. The van der Waals surface area contributed by atoms with E-state index in [9.17, 15) is 12.8 Å². The van der Waals surface area contributed by atoms with E-state index in [0.29, 0.717) is 12.2 Å². The molecule has 0 N–H and O–H groups in total. The normalized spacial score (nSPS) is 11.1. The van der Waals surface area contributed by atoms with E-state index >= 15 is 0 Å². The summed E-state index contributed by atoms with van der Waals surface area (Å²) in [5, 5.41) is 0.885. The molecule has 0 aliphatic heterocycles. The van der Waals surface area contributed by atoms with Crippen LogP contribution in [0.1, 0.15) is 6.92 Å². The largest absolute Gasteiger partial charge is 0.314 e. The molecular formula is C13H12FN4O2S. The first-order valence-corrected chi connectivity index (χ1v) is 7.55. The molecule has 2 rings (SSSR count). The summed E-state index contributed by atoms with van der Waals surface area (Å²) in [4.78, 5) is 12.3. The number of halogens is 1. The summed E-state index contributed by atoms with van der Waals surface area (Å²) in [7, 11) is -3.48. The van der Waals surface area contributed by atoms with Crippen molar-refractivity contribution in [2.75, 3.05) is 11.4 Å². The third kappa shape index (κ3) is 3.22. The number of sulfone groups is 1. The lowest BCUT2D eigenvalue weighted by Gasteiger charge is -2.20. The summed E-state index contributed by atoms with van der Waals surface area (Å²) in [5.74, 6) is 0.101. The van der Waals surface area contributed by atoms with Crippen LogP contribution in [-0.4, -0.2) is 29.9 Å². The van der Waals surface area contributed by atoms with Gasteiger partial charge in [0.25, 0.3) is 0 Å². The predicted octanol–water partition coefficient (Wildman–Crippen LogP) is 1.89. The lowest BCUT2D eigenvalue weighted by atomic mass is 10.3. The average molecular weight is 307 g/mol. The van der Waals surface area contributed by atoms with E-state index in [4.69, 9.17) is 0 Å². The van der Waals surface area contributed by atoms with Crippen molar-refractivity contribution in [1.82, 2.24) is 15.0 Å². The van der Waals surface area contributed by atoms with Gasteiger partial charge in [0.05, 0.1) is 4.90 Å². The van der Waals surface area contributed by atoms with Crippen LogP contribution in [-0.2, 0) is 9.84 Å². The zero-order valence-corrected chi connectivity index (χ0v) is 12.0. The zero-order chi connectivity index (χ0) is 15.5. The van der Waals surface area contributed by atoms with Gasteiger partial charge < -0.3 is 4.90 Å². The molecule has 0 unspecified atom stereocenters. The molecule has 0 atom stereocenters. The van der Waals surface area contributed by atoms with Crippen LogP contribution in [0.2, 0.25) is 0 Å². The number of hydrogen-bond acceptors (Lipinski definition) is 6. The van der Waals surface area contributed by atoms with Gasteiger partial charge in [0.15, 0.2) is 9.84 Å². The van der Waals surface area contributed by atoms with Crippen molar-refractivity contribution in [2.45, 2.75) is 11.8 Å². The molecule has 0 aliphatic carbocycles. The minimum Gasteiger partial charge on any atom is -0.311 e. The van der Waals surface area contributed by atoms with Crippen LogP contribution in [0.25, 0.3) is 0 Å². The molecule has 0 amide bonds. The molecule has 8 heteroatoms. The predicted molar refractivity (Wildman–Crippen MR) is 75.1 cm³/mol. The van der Waals surface area contributed by atoms with Crippen LogP contribution in [0.5, 0.6) is 0 Å². The second-order valence-corrected chi connectivity index (χ2v) is 5.85. The Morgan fingerprint density at radius 3 is 2.52 bits per heavy atom. The maximum Gasteiger partial charge on any atom is 0.314 e. The summed E-state index contributed by atoms with van der Waals surface area (Å²) in [6.45, 7) is 5.56. The summed E-state index contributed by atoms with van der Waals surface area (Å²) in [6, 6.07) is 6.05. The van der Waals surface area contributed by atoms with Crippen molar-refractivity contribution < 1.29 is 12.8 Å². The zero-order valence-electron chi connectivity index (χ0n) is 11.2. The number of rotatable bonds is 5. The maximum absolute atomic E-state index is 13.0. The van der Waals surface area contributed by atoms with Crippen LogP contribution >= 0.6 is 0 Å². The summed E-state index contributed by atoms with van der Waals surface area (Å²) < 4.78 is 36.3. The monoisotopic (exact) mass is 307 g/mol. The number of hydrogen-bond donors (Lipinski definition) is 0. The Bertz CT molecular complexity index is 747. The van der Waals surface area contributed by atoms with Gasteiger partial charge in [-0.1, -0.05) is 6.58 Å². The summed E-state index contributed by atoms with van der Waals surface area (Å²) >= 11 is 0. The molecule has 0 bridgehead atoms. The number of anilines is 2. The Balaban J connectivity index is 2.38. The third-order valence-corrected chi connectivity index (χ3v) is 4.11. The molecule has 1 heterocycles. The van der Waals surface area contributed by atoms with Crippen LogP contribution < -0.4 is 4.90 Å². The fraction of sp³-hybridized carbons (Fsp3) is 0.154. The van der Waals surface area contributed by atoms with E-state index in [-0.39, 0.29) is 10.8 Å². The van der Waals surface area contributed by atoms with E-state index in [2.05, 4.69) is 27.9 Å². The van der Waals surface area contributed by atoms with Gasteiger partial charge in [-0.25, -0.2) is 8.42 Å². The lowest BCUT2D eigenvalue weighted by molar-refractivity contribution is 0.530. The minimum absolute atomic E-state index is 0.101. The SMILES string of the molecule is C=CS(=O)(=O)c1ccc(N(CC)c2n[c]nc(F)n2)cc1. The highest BCUT2D eigenvalue weighted by atomic mass is 32.2. The fourth-order valence-corrected chi connectivity index (χ4v) is 2.42. The topological polar surface area (TPSA) is 76.1 Å². The van der Waals surface area contributed by atoms with Gasteiger partial charge in [-0.2, -0.15) is 19.3 Å². The number of benzene rings is 1. The average Bonchev–Trinajstić information content (AvgIpc) is 2.49. The van der Waals surface area contributed by atoms with Crippen molar-refractivity contribution in [1.29, 1.82) is 0 Å². The smallest absolute Gasteiger partial charge is 0.311 e. The van der Waals surface area contributed by atoms with Crippen molar-refractivity contribution >= 4 is 21.5 Å². The van der Waals surface area contributed by atoms with Gasteiger partial charge in [0.2, 0.25) is 12.3 Å². The van der Waals surface area contributed by atoms with Crippen molar-refractivity contribution in [3.63, 3.8) is 0 Å². The third-order valence-electron chi connectivity index (χ3n) is 2.74. The Hall–Kier alpha value is -2.35. The lowest BCUT2D eigenvalue weighted by Crippen LogP contribution is -2.19. The molecular weight excluding hydrogens is 295 g/mol. The fourth-order valence-electron chi connectivity index (χ4n) is 1.72. The molecule has 1 radical (unpaired) electrons. The highest BCUT2D eigenvalue weighted by molar-refractivity contribution is 7.94. The molecule has 6 nitrogen and oxygen atoms in total. The Morgan fingerprint density at radius 1 is 1.33 bits per heavy atom. The molecule has 109 valence electrons. The second kappa shape index (κ2) is 5.96. The van der Waals surface area contributed by atoms with E-state index in [1.54, 1.807) is 17.0 Å². The molecule has 1 aromatic carbocycles. The molecule has 1 aromatic heterocycles. The molecule has 21 heavy (non-hydrogen) atoms. The quantitative estimate of drug-likeness (QED) is 0.839. The van der Waals surface area contributed by atoms with Gasteiger partial charge in [-0.3, -0.25) is 0 Å². The van der Waals surface area contributed by atoms with Crippen LogP contribution in [0.3, 0.4) is 0 Å². The van der Waals surface area contributed by atoms with E-state index in [0.717, 1.165) is 5.41 Å². The highest BCUT2D eigenvalue weighted by Gasteiger charge is 2.14.